The third kappa shape index (κ3) is 3.60. The maximum atomic E-state index is 5.23. The lowest BCUT2D eigenvalue weighted by Gasteiger charge is -2.40. The van der Waals surface area contributed by atoms with Gasteiger partial charge in [0.15, 0.2) is 0 Å². The average Bonchev–Trinajstić information content (AvgIpc) is 2.51. The Balaban J connectivity index is 1.44. The molecule has 2 heteroatoms. The first-order chi connectivity index (χ1) is 10.3. The lowest BCUT2D eigenvalue weighted by Crippen LogP contribution is -2.47. The molecule has 21 heavy (non-hydrogen) atoms. The van der Waals surface area contributed by atoms with Gasteiger partial charge in [-0.25, -0.2) is 0 Å². The van der Waals surface area contributed by atoms with E-state index in [1.807, 2.05) is 0 Å². The average molecular weight is 287 g/mol. The van der Waals surface area contributed by atoms with Crippen LogP contribution in [0.5, 0.6) is 5.75 Å². The third-order valence-corrected chi connectivity index (χ3v) is 5.58. The van der Waals surface area contributed by atoms with Gasteiger partial charge in [0, 0.05) is 12.1 Å². The normalized spacial score (nSPS) is 27.9. The molecule has 0 spiro atoms. The second-order valence-electron chi connectivity index (χ2n) is 6.99. The number of nitrogens with one attached hydrogen (secondary N) is 1. The number of hydrogen-bond donors (Lipinski definition) is 1. The highest BCUT2D eigenvalue weighted by Crippen LogP contribution is 2.38. The first-order valence-electron chi connectivity index (χ1n) is 8.66. The van der Waals surface area contributed by atoms with Crippen molar-refractivity contribution in [1.29, 1.82) is 0 Å². The van der Waals surface area contributed by atoms with Gasteiger partial charge in [-0.3, -0.25) is 0 Å². The summed E-state index contributed by atoms with van der Waals surface area (Å²) in [6.07, 6.45) is 9.79. The minimum Gasteiger partial charge on any atom is -0.497 e. The van der Waals surface area contributed by atoms with Gasteiger partial charge >= 0.3 is 0 Å². The SMILES string of the molecule is COc1ccc(C2CC(NC(C)C3CCCCC3)C2)cc1. The van der Waals surface area contributed by atoms with Crippen molar-refractivity contribution in [3.8, 4) is 5.75 Å². The minimum atomic E-state index is 0.701. The number of benzene rings is 1. The highest BCUT2D eigenvalue weighted by Gasteiger charge is 2.32. The Morgan fingerprint density at radius 3 is 2.33 bits per heavy atom. The highest BCUT2D eigenvalue weighted by molar-refractivity contribution is 5.30. The molecule has 1 aromatic rings. The van der Waals surface area contributed by atoms with Crippen LogP contribution in [-0.4, -0.2) is 19.2 Å². The van der Waals surface area contributed by atoms with E-state index in [1.165, 1.54) is 50.5 Å². The molecule has 1 aromatic carbocycles. The molecule has 2 fully saturated rings. The Labute approximate surface area is 129 Å². The fraction of sp³-hybridized carbons (Fsp3) is 0.684. The van der Waals surface area contributed by atoms with Crippen molar-refractivity contribution in [3.63, 3.8) is 0 Å². The Morgan fingerprint density at radius 1 is 1.05 bits per heavy atom. The molecule has 2 saturated carbocycles. The summed E-state index contributed by atoms with van der Waals surface area (Å²) in [4.78, 5) is 0. The van der Waals surface area contributed by atoms with Crippen molar-refractivity contribution in [3.05, 3.63) is 29.8 Å². The molecular weight excluding hydrogens is 258 g/mol. The van der Waals surface area contributed by atoms with Crippen LogP contribution in [0.15, 0.2) is 24.3 Å². The summed E-state index contributed by atoms with van der Waals surface area (Å²) < 4.78 is 5.23. The van der Waals surface area contributed by atoms with Crippen LogP contribution in [-0.2, 0) is 0 Å². The number of rotatable bonds is 5. The van der Waals surface area contributed by atoms with Crippen molar-refractivity contribution in [2.75, 3.05) is 7.11 Å². The Hall–Kier alpha value is -1.02. The molecule has 2 aliphatic rings. The van der Waals surface area contributed by atoms with Crippen LogP contribution >= 0.6 is 0 Å². The van der Waals surface area contributed by atoms with E-state index in [0.29, 0.717) is 6.04 Å². The zero-order valence-corrected chi connectivity index (χ0v) is 13.5. The van der Waals surface area contributed by atoms with Crippen molar-refractivity contribution in [2.24, 2.45) is 5.92 Å². The quantitative estimate of drug-likeness (QED) is 0.861. The lowest BCUT2D eigenvalue weighted by atomic mass is 9.75. The van der Waals surface area contributed by atoms with Crippen LogP contribution in [0.25, 0.3) is 0 Å². The lowest BCUT2D eigenvalue weighted by molar-refractivity contribution is 0.211. The summed E-state index contributed by atoms with van der Waals surface area (Å²) in [5.74, 6) is 2.62. The molecule has 2 nitrogen and oxygen atoms in total. The van der Waals surface area contributed by atoms with Gasteiger partial charge in [-0.05, 0) is 62.1 Å². The van der Waals surface area contributed by atoms with Gasteiger partial charge in [-0.1, -0.05) is 31.4 Å². The van der Waals surface area contributed by atoms with Crippen molar-refractivity contribution >= 4 is 0 Å². The summed E-state index contributed by atoms with van der Waals surface area (Å²) >= 11 is 0. The molecule has 1 atom stereocenters. The predicted molar refractivity (Wildman–Crippen MR) is 87.9 cm³/mol. The van der Waals surface area contributed by atoms with Gasteiger partial charge in [-0.2, -0.15) is 0 Å². The van der Waals surface area contributed by atoms with Crippen molar-refractivity contribution < 1.29 is 4.74 Å². The number of methoxy groups -OCH3 is 1. The topological polar surface area (TPSA) is 21.3 Å². The Morgan fingerprint density at radius 2 is 1.71 bits per heavy atom. The molecule has 1 unspecified atom stereocenters. The van der Waals surface area contributed by atoms with Crippen molar-refractivity contribution in [2.45, 2.75) is 69.9 Å². The first-order valence-corrected chi connectivity index (χ1v) is 8.66. The van der Waals surface area contributed by atoms with E-state index >= 15 is 0 Å². The van der Waals surface area contributed by atoms with E-state index in [0.717, 1.165) is 23.6 Å². The maximum Gasteiger partial charge on any atom is 0.118 e. The van der Waals surface area contributed by atoms with Gasteiger partial charge in [0.2, 0.25) is 0 Å². The monoisotopic (exact) mass is 287 g/mol. The molecular formula is C19H29NO. The second kappa shape index (κ2) is 6.83. The largest absolute Gasteiger partial charge is 0.497 e. The maximum absolute atomic E-state index is 5.23. The number of hydrogen-bond acceptors (Lipinski definition) is 2. The van der Waals surface area contributed by atoms with Gasteiger partial charge in [0.1, 0.15) is 5.75 Å². The Kier molecular flexibility index (Phi) is 4.84. The third-order valence-electron chi connectivity index (χ3n) is 5.58. The molecule has 116 valence electrons. The molecule has 0 amide bonds. The molecule has 0 saturated heterocycles. The second-order valence-corrected chi connectivity index (χ2v) is 6.99. The molecule has 2 aliphatic carbocycles. The van der Waals surface area contributed by atoms with Crippen LogP contribution in [0, 0.1) is 5.92 Å². The molecule has 0 aliphatic heterocycles. The first kappa shape index (κ1) is 14.9. The molecule has 0 radical (unpaired) electrons. The van der Waals surface area contributed by atoms with E-state index < -0.39 is 0 Å². The van der Waals surface area contributed by atoms with Crippen LogP contribution in [0.4, 0.5) is 0 Å². The summed E-state index contributed by atoms with van der Waals surface area (Å²) in [6, 6.07) is 10.1. The van der Waals surface area contributed by atoms with E-state index in [4.69, 9.17) is 4.74 Å². The fourth-order valence-corrected chi connectivity index (χ4v) is 4.04. The fourth-order valence-electron chi connectivity index (χ4n) is 4.04. The highest BCUT2D eigenvalue weighted by atomic mass is 16.5. The molecule has 0 heterocycles. The zero-order chi connectivity index (χ0) is 14.7. The summed E-state index contributed by atoms with van der Waals surface area (Å²) in [6.45, 7) is 2.40. The summed E-state index contributed by atoms with van der Waals surface area (Å²) in [5, 5.41) is 3.88. The zero-order valence-electron chi connectivity index (χ0n) is 13.5. The van der Waals surface area contributed by atoms with E-state index in [9.17, 15) is 0 Å². The van der Waals surface area contributed by atoms with Crippen molar-refractivity contribution in [1.82, 2.24) is 5.32 Å². The van der Waals surface area contributed by atoms with Gasteiger partial charge in [0.25, 0.3) is 0 Å². The van der Waals surface area contributed by atoms with Gasteiger partial charge in [-0.15, -0.1) is 0 Å². The smallest absolute Gasteiger partial charge is 0.118 e. The van der Waals surface area contributed by atoms with Gasteiger partial charge < -0.3 is 10.1 Å². The molecule has 0 bridgehead atoms. The number of ether oxygens (including phenoxy) is 1. The molecule has 3 rings (SSSR count). The van der Waals surface area contributed by atoms with Crippen LogP contribution in [0.1, 0.15) is 63.4 Å². The minimum absolute atomic E-state index is 0.701. The van der Waals surface area contributed by atoms with Gasteiger partial charge in [0.05, 0.1) is 7.11 Å². The predicted octanol–water partition coefficient (Wildman–Crippen LogP) is 4.50. The van der Waals surface area contributed by atoms with E-state index in [2.05, 4.69) is 36.5 Å². The molecule has 1 N–H and O–H groups in total. The van der Waals surface area contributed by atoms with Crippen LogP contribution < -0.4 is 10.1 Å². The van der Waals surface area contributed by atoms with Crippen LogP contribution in [0.3, 0.4) is 0 Å². The summed E-state index contributed by atoms with van der Waals surface area (Å²) in [5.41, 5.74) is 1.47. The summed E-state index contributed by atoms with van der Waals surface area (Å²) in [7, 11) is 1.73. The van der Waals surface area contributed by atoms with E-state index in [1.54, 1.807) is 7.11 Å². The Bertz CT molecular complexity index is 429. The van der Waals surface area contributed by atoms with E-state index in [-0.39, 0.29) is 0 Å². The molecule has 0 aromatic heterocycles. The standard InChI is InChI=1S/C19H29NO/c1-14(15-6-4-3-5-7-15)20-18-12-17(13-18)16-8-10-19(21-2)11-9-16/h8-11,14-15,17-18,20H,3-7,12-13H2,1-2H3. The van der Waals surface area contributed by atoms with Crippen LogP contribution in [0.2, 0.25) is 0 Å².